The van der Waals surface area contributed by atoms with Crippen molar-refractivity contribution in [1.82, 2.24) is 14.6 Å². The molecular formula is C21H27N6O9PS. The molecule has 4 N–H and O–H groups in total. The normalized spacial score (nSPS) is 25.3. The van der Waals surface area contributed by atoms with Crippen LogP contribution in [0.3, 0.4) is 0 Å². The summed E-state index contributed by atoms with van der Waals surface area (Å²) in [7, 11) is -4.45. The number of carbonyl (C=O) groups excluding carboxylic acids is 1. The Morgan fingerprint density at radius 2 is 2.03 bits per heavy atom. The Morgan fingerprint density at radius 1 is 1.34 bits per heavy atom. The van der Waals surface area contributed by atoms with Gasteiger partial charge >= 0.3 is 13.7 Å². The number of nitrogens with one attached hydrogen (secondary N) is 2. The van der Waals surface area contributed by atoms with Gasteiger partial charge in [0.1, 0.15) is 24.0 Å². The van der Waals surface area contributed by atoms with Crippen molar-refractivity contribution in [1.29, 1.82) is 0 Å². The number of para-hydroxylation sites is 1. The first-order valence-electron chi connectivity index (χ1n) is 11.3. The molecule has 1 fully saturated rings. The van der Waals surface area contributed by atoms with Gasteiger partial charge in [-0.25, -0.2) is 4.57 Å². The Kier molecular flexibility index (Phi) is 9.46. The van der Waals surface area contributed by atoms with Crippen LogP contribution in [-0.2, 0) is 23.4 Å². The van der Waals surface area contributed by atoms with Crippen LogP contribution in [0.2, 0.25) is 0 Å². The molecule has 0 spiro atoms. The molecule has 17 heteroatoms. The average Bonchev–Trinajstić information content (AvgIpc) is 3.09. The molecule has 1 aliphatic heterocycles. The first-order valence-corrected chi connectivity index (χ1v) is 13.2. The highest BCUT2D eigenvalue weighted by molar-refractivity contribution is 7.71. The summed E-state index contributed by atoms with van der Waals surface area (Å²) < 4.78 is 36.6. The Morgan fingerprint density at radius 3 is 2.63 bits per heavy atom. The van der Waals surface area contributed by atoms with E-state index in [9.17, 15) is 29.9 Å². The summed E-state index contributed by atoms with van der Waals surface area (Å²) in [4.78, 5) is 28.9. The molecule has 0 saturated carbocycles. The number of benzene rings is 1. The molecule has 2 heterocycles. The summed E-state index contributed by atoms with van der Waals surface area (Å²) in [6.45, 7) is 3.75. The lowest BCUT2D eigenvalue weighted by Crippen LogP contribution is -2.45. The highest BCUT2D eigenvalue weighted by Gasteiger charge is 2.56. The second-order valence-corrected chi connectivity index (χ2v) is 10.6. The third-order valence-electron chi connectivity index (χ3n) is 5.21. The third-order valence-corrected chi connectivity index (χ3v) is 7.15. The standard InChI is InChI=1S/C21H27N6O9PS/c1-12(2)34-19(31)13(3)24-37(32,36-14-7-5-4-6-8-14)33-11-21(25-26-22)17(30)16(29)18(35-21)27-10-9-15(28)23-20(27)38/h4-10,12-13,16-18,29-30H,11H2,1-3H3,(H,24,32)(H,23,28,38)/t13-,16-,17?,18+,21+,37?/m0/s1. The van der Waals surface area contributed by atoms with E-state index in [-0.39, 0.29) is 10.5 Å². The molecule has 0 amide bonds. The predicted octanol–water partition coefficient (Wildman–Crippen LogP) is 2.30. The van der Waals surface area contributed by atoms with Crippen LogP contribution < -0.4 is 15.2 Å². The van der Waals surface area contributed by atoms with Gasteiger partial charge in [-0.15, -0.1) is 0 Å². The van der Waals surface area contributed by atoms with Crippen LogP contribution in [0.1, 0.15) is 27.0 Å². The van der Waals surface area contributed by atoms with Gasteiger partial charge in [0.25, 0.3) is 5.56 Å². The lowest BCUT2D eigenvalue weighted by atomic mass is 10.1. The maximum absolute atomic E-state index is 13.8. The van der Waals surface area contributed by atoms with Crippen molar-refractivity contribution in [2.24, 2.45) is 5.11 Å². The van der Waals surface area contributed by atoms with Crippen LogP contribution in [0.25, 0.3) is 10.4 Å². The van der Waals surface area contributed by atoms with Crippen molar-refractivity contribution >= 4 is 25.9 Å². The van der Waals surface area contributed by atoms with E-state index >= 15 is 0 Å². The van der Waals surface area contributed by atoms with Gasteiger partial charge < -0.3 is 24.2 Å². The van der Waals surface area contributed by atoms with Gasteiger partial charge in [-0.05, 0) is 50.7 Å². The van der Waals surface area contributed by atoms with E-state index in [2.05, 4.69) is 20.1 Å². The summed E-state index contributed by atoms with van der Waals surface area (Å²) in [5.41, 5.74) is 6.36. The number of azide groups is 1. The predicted molar refractivity (Wildman–Crippen MR) is 134 cm³/mol. The van der Waals surface area contributed by atoms with E-state index in [4.69, 9.17) is 30.7 Å². The van der Waals surface area contributed by atoms with E-state index in [0.29, 0.717) is 0 Å². The maximum atomic E-state index is 13.8. The number of carbonyl (C=O) groups is 1. The third kappa shape index (κ3) is 6.87. The Hall–Kier alpha value is -3.07. The molecule has 1 aromatic heterocycles. The molecule has 6 atom stereocenters. The SMILES string of the molecule is CC(C)OC(=O)[C@H](C)NP(=O)(OC[C@@]1(N=[N+]=[N-])O[C@@H](n2ccc(=O)[nH]c2=S)[C@@H](O)C1O)Oc1ccccc1. The summed E-state index contributed by atoms with van der Waals surface area (Å²) in [5.74, 6) is -0.638. The number of ether oxygens (including phenoxy) is 2. The summed E-state index contributed by atoms with van der Waals surface area (Å²) in [5, 5.41) is 27.4. The van der Waals surface area contributed by atoms with Gasteiger partial charge in [0.2, 0.25) is 5.72 Å². The molecule has 38 heavy (non-hydrogen) atoms. The van der Waals surface area contributed by atoms with E-state index < -0.39 is 62.2 Å². The number of aromatic amines is 1. The van der Waals surface area contributed by atoms with Crippen LogP contribution in [0.5, 0.6) is 5.75 Å². The van der Waals surface area contributed by atoms with Crippen LogP contribution in [-0.4, -0.2) is 62.4 Å². The molecule has 15 nitrogen and oxygen atoms in total. The molecule has 1 saturated heterocycles. The highest BCUT2D eigenvalue weighted by Crippen LogP contribution is 2.48. The van der Waals surface area contributed by atoms with Crippen molar-refractivity contribution in [3.63, 3.8) is 0 Å². The van der Waals surface area contributed by atoms with E-state index in [1.54, 1.807) is 32.0 Å². The first-order chi connectivity index (χ1) is 17.9. The van der Waals surface area contributed by atoms with Crippen LogP contribution in [0.15, 0.2) is 52.5 Å². The zero-order valence-electron chi connectivity index (χ0n) is 20.5. The van der Waals surface area contributed by atoms with E-state index in [0.717, 1.165) is 10.6 Å². The Labute approximate surface area is 221 Å². The van der Waals surface area contributed by atoms with Crippen LogP contribution in [0.4, 0.5) is 0 Å². The fourth-order valence-corrected chi connectivity index (χ4v) is 5.22. The first kappa shape index (κ1) is 29.5. The smallest absolute Gasteiger partial charge is 0.459 e. The number of H-pyrrole nitrogens is 1. The molecule has 2 unspecified atom stereocenters. The van der Waals surface area contributed by atoms with Crippen LogP contribution >= 0.6 is 20.0 Å². The van der Waals surface area contributed by atoms with E-state index in [1.165, 1.54) is 25.3 Å². The quantitative estimate of drug-likeness (QED) is 0.0769. The topological polar surface area (TPSA) is 210 Å². The molecule has 1 aliphatic rings. The second-order valence-electron chi connectivity index (χ2n) is 8.51. The molecule has 0 bridgehead atoms. The number of hydrogen-bond donors (Lipinski definition) is 4. The molecule has 3 rings (SSSR count). The summed E-state index contributed by atoms with van der Waals surface area (Å²) >= 11 is 5.09. The molecule has 2 aromatic rings. The zero-order valence-corrected chi connectivity index (χ0v) is 22.2. The van der Waals surface area contributed by atoms with Crippen molar-refractivity contribution < 1.29 is 38.1 Å². The monoisotopic (exact) mass is 570 g/mol. The van der Waals surface area contributed by atoms with Crippen molar-refractivity contribution in [3.05, 3.63) is 68.2 Å². The lowest BCUT2D eigenvalue weighted by molar-refractivity contribution is -0.149. The number of esters is 1. The molecule has 1 aromatic carbocycles. The molecular weight excluding hydrogens is 543 g/mol. The molecule has 0 radical (unpaired) electrons. The van der Waals surface area contributed by atoms with Crippen LogP contribution in [0, 0.1) is 4.77 Å². The van der Waals surface area contributed by atoms with E-state index in [1.807, 2.05) is 0 Å². The largest absolute Gasteiger partial charge is 0.462 e. The molecule has 206 valence electrons. The minimum Gasteiger partial charge on any atom is -0.462 e. The van der Waals surface area contributed by atoms with Gasteiger partial charge in [-0.1, -0.05) is 23.3 Å². The number of aliphatic hydroxyl groups excluding tert-OH is 2. The van der Waals surface area contributed by atoms with Crippen molar-refractivity contribution in [3.8, 4) is 5.75 Å². The Balaban J connectivity index is 1.91. The highest BCUT2D eigenvalue weighted by atomic mass is 32.1. The van der Waals surface area contributed by atoms with Crippen molar-refractivity contribution in [2.45, 2.75) is 57.1 Å². The zero-order chi connectivity index (χ0) is 28.1. The van der Waals surface area contributed by atoms with Gasteiger partial charge in [0.15, 0.2) is 11.0 Å². The summed E-state index contributed by atoms with van der Waals surface area (Å²) in [6, 6.07) is 7.80. The van der Waals surface area contributed by atoms with Gasteiger partial charge in [0, 0.05) is 17.2 Å². The fraction of sp³-hybridized carbons (Fsp3) is 0.476. The fourth-order valence-electron chi connectivity index (χ4n) is 3.44. The number of hydrogen-bond acceptors (Lipinski definition) is 11. The average molecular weight is 571 g/mol. The number of aromatic nitrogens is 2. The van der Waals surface area contributed by atoms with Gasteiger partial charge in [-0.3, -0.25) is 23.7 Å². The van der Waals surface area contributed by atoms with Gasteiger partial charge in [0.05, 0.1) is 12.7 Å². The number of rotatable bonds is 11. The molecule has 0 aliphatic carbocycles. The Bertz CT molecular complexity index is 1350. The van der Waals surface area contributed by atoms with Gasteiger partial charge in [-0.2, -0.15) is 5.09 Å². The summed E-state index contributed by atoms with van der Waals surface area (Å²) in [6.07, 6.45) is -4.28. The lowest BCUT2D eigenvalue weighted by Gasteiger charge is -2.29. The number of aliphatic hydroxyl groups is 2. The van der Waals surface area contributed by atoms with Crippen molar-refractivity contribution in [2.75, 3.05) is 6.61 Å². The number of nitrogens with zero attached hydrogens (tertiary/aromatic N) is 4. The maximum Gasteiger partial charge on any atom is 0.459 e. The second kappa shape index (κ2) is 12.2. The minimum absolute atomic E-state index is 0.107. The minimum atomic E-state index is -4.45.